The number of nitrogens with zero attached hydrogens (tertiary/aromatic N) is 1. The van der Waals surface area contributed by atoms with Crippen LogP contribution in [0.15, 0.2) is 30.3 Å². The summed E-state index contributed by atoms with van der Waals surface area (Å²) in [6.07, 6.45) is 0. The van der Waals surface area contributed by atoms with E-state index < -0.39 is 55.0 Å². The van der Waals surface area contributed by atoms with Gasteiger partial charge in [0.05, 0.1) is 0 Å². The molecular weight excluding hydrogens is 400 g/mol. The Hall–Kier alpha value is -2.78. The third-order valence-electron chi connectivity index (χ3n) is 3.13. The summed E-state index contributed by atoms with van der Waals surface area (Å²) in [7, 11) is -3.54. The molecule has 2 unspecified atom stereocenters. The number of para-hydroxylation sites is 1. The summed E-state index contributed by atoms with van der Waals surface area (Å²) in [6, 6.07) is 5.55. The van der Waals surface area contributed by atoms with Gasteiger partial charge in [-0.05, 0) is 19.1 Å². The zero-order chi connectivity index (χ0) is 20.3. The van der Waals surface area contributed by atoms with Crippen LogP contribution in [0.3, 0.4) is 0 Å². The zero-order valence-corrected chi connectivity index (χ0v) is 14.2. The third-order valence-corrected chi connectivity index (χ3v) is 4.22. The Morgan fingerprint density at radius 3 is 1.96 bits per heavy atom. The van der Waals surface area contributed by atoms with Crippen molar-refractivity contribution in [2.75, 3.05) is 0 Å². The van der Waals surface area contributed by atoms with Crippen molar-refractivity contribution in [2.45, 2.75) is 13.0 Å². The van der Waals surface area contributed by atoms with E-state index in [2.05, 4.69) is 4.52 Å². The van der Waals surface area contributed by atoms with Gasteiger partial charge in [-0.15, -0.1) is 0 Å². The number of rotatable bonds is 7. The van der Waals surface area contributed by atoms with E-state index in [4.69, 9.17) is 9.94 Å². The van der Waals surface area contributed by atoms with Crippen LogP contribution in [0.25, 0.3) is 0 Å². The number of carbonyl (C=O) groups is 1. The maximum atomic E-state index is 13.7. The number of hydrogen-bond acceptors (Lipinski definition) is 4. The summed E-state index contributed by atoms with van der Waals surface area (Å²) >= 11 is 0. The Kier molecular flexibility index (Phi) is 6.29. The SMILES string of the molecule is CC(C(=O)O)N(Oc1ccccc1)[P+](=O)Oc1c(F)c(F)c(F)c(F)c1F. The van der Waals surface area contributed by atoms with Crippen LogP contribution in [-0.2, 0) is 9.36 Å². The number of hydrogen-bond donors (Lipinski definition) is 1. The molecule has 0 fully saturated rings. The molecule has 0 aromatic heterocycles. The highest BCUT2D eigenvalue weighted by molar-refractivity contribution is 7.36. The second-order valence-corrected chi connectivity index (χ2v) is 6.00. The average molecular weight is 410 g/mol. The minimum absolute atomic E-state index is 0.0186. The van der Waals surface area contributed by atoms with Gasteiger partial charge in [-0.2, -0.15) is 8.78 Å². The second kappa shape index (κ2) is 8.28. The molecule has 2 atom stereocenters. The fourth-order valence-electron chi connectivity index (χ4n) is 1.72. The van der Waals surface area contributed by atoms with Crippen LogP contribution >= 0.6 is 8.18 Å². The standard InChI is InChI=1S/C15H9F5NO5P/c1-7(15(22)23)21(25-8-5-3-2-4-6-8)27(24)26-14-12(19)10(17)9(16)11(18)13(14)20/h2-7H,1H3/p+1. The van der Waals surface area contributed by atoms with Crippen LogP contribution < -0.4 is 9.36 Å². The molecule has 0 saturated carbocycles. The Labute approximate surface area is 149 Å². The first kappa shape index (κ1) is 20.5. The first-order valence-corrected chi connectivity index (χ1v) is 8.19. The Bertz CT molecular complexity index is 854. The zero-order valence-electron chi connectivity index (χ0n) is 13.3. The van der Waals surface area contributed by atoms with Gasteiger partial charge in [0.2, 0.25) is 29.1 Å². The first-order valence-electron chi connectivity index (χ1n) is 7.06. The molecule has 6 nitrogen and oxygen atoms in total. The van der Waals surface area contributed by atoms with Crippen molar-refractivity contribution in [3.63, 3.8) is 0 Å². The van der Waals surface area contributed by atoms with E-state index in [0.29, 0.717) is 0 Å². The summed E-state index contributed by atoms with van der Waals surface area (Å²) in [6.45, 7) is 1.00. The highest BCUT2D eigenvalue weighted by Gasteiger charge is 2.45. The number of aliphatic carboxylic acids is 1. The molecule has 2 aromatic rings. The number of carboxylic acid groups (broad SMARTS) is 1. The molecule has 0 amide bonds. The maximum Gasteiger partial charge on any atom is 0.704 e. The molecule has 0 aliphatic carbocycles. The van der Waals surface area contributed by atoms with E-state index in [1.54, 1.807) is 6.07 Å². The fraction of sp³-hybridized carbons (Fsp3) is 0.133. The van der Waals surface area contributed by atoms with Crippen LogP contribution in [0, 0.1) is 29.1 Å². The van der Waals surface area contributed by atoms with Crippen LogP contribution in [0.5, 0.6) is 11.5 Å². The van der Waals surface area contributed by atoms with Crippen LogP contribution in [0.2, 0.25) is 0 Å². The summed E-state index contributed by atoms with van der Waals surface area (Å²) in [4.78, 5) is 16.4. The molecule has 1 N–H and O–H groups in total. The van der Waals surface area contributed by atoms with Gasteiger partial charge in [-0.25, -0.2) is 17.7 Å². The predicted molar refractivity (Wildman–Crippen MR) is 80.5 cm³/mol. The predicted octanol–water partition coefficient (Wildman–Crippen LogP) is 4.19. The number of halogens is 5. The smallest absolute Gasteiger partial charge is 0.480 e. The molecule has 0 bridgehead atoms. The van der Waals surface area contributed by atoms with E-state index in [1.165, 1.54) is 24.3 Å². The maximum absolute atomic E-state index is 13.7. The van der Waals surface area contributed by atoms with Gasteiger partial charge in [-0.1, -0.05) is 18.2 Å². The largest absolute Gasteiger partial charge is 0.704 e. The van der Waals surface area contributed by atoms with E-state index in [9.17, 15) is 31.3 Å². The lowest BCUT2D eigenvalue weighted by molar-refractivity contribution is -0.148. The molecule has 0 spiro atoms. The molecule has 0 radical (unpaired) electrons. The molecular formula is C15H10F5NO5P+. The van der Waals surface area contributed by atoms with Crippen LogP contribution in [0.1, 0.15) is 6.92 Å². The van der Waals surface area contributed by atoms with E-state index in [0.717, 1.165) is 6.92 Å². The lowest BCUT2D eigenvalue weighted by Gasteiger charge is -2.14. The third kappa shape index (κ3) is 4.32. The Morgan fingerprint density at radius 1 is 1.00 bits per heavy atom. The first-order chi connectivity index (χ1) is 12.6. The Balaban J connectivity index is 2.38. The van der Waals surface area contributed by atoms with Crippen molar-refractivity contribution in [3.05, 3.63) is 59.4 Å². The lowest BCUT2D eigenvalue weighted by Crippen LogP contribution is -2.37. The highest BCUT2D eigenvalue weighted by atomic mass is 31.1. The van der Waals surface area contributed by atoms with Crippen LogP contribution in [-0.4, -0.2) is 22.0 Å². The van der Waals surface area contributed by atoms with Crippen molar-refractivity contribution in [3.8, 4) is 11.5 Å². The van der Waals surface area contributed by atoms with Gasteiger partial charge in [0.15, 0.2) is 11.8 Å². The molecule has 2 rings (SSSR count). The summed E-state index contributed by atoms with van der Waals surface area (Å²) < 4.78 is 83.4. The van der Waals surface area contributed by atoms with Crippen LogP contribution in [0.4, 0.5) is 22.0 Å². The monoisotopic (exact) mass is 410 g/mol. The van der Waals surface area contributed by atoms with Gasteiger partial charge >= 0.3 is 14.1 Å². The van der Waals surface area contributed by atoms with E-state index in [1.807, 2.05) is 0 Å². The fourth-order valence-corrected chi connectivity index (χ4v) is 2.66. The summed E-state index contributed by atoms with van der Waals surface area (Å²) in [5.41, 5.74) is 0. The van der Waals surface area contributed by atoms with Gasteiger partial charge in [0.25, 0.3) is 5.75 Å². The highest BCUT2D eigenvalue weighted by Crippen LogP contribution is 2.39. The minimum Gasteiger partial charge on any atom is -0.480 e. The molecule has 27 heavy (non-hydrogen) atoms. The molecule has 2 aromatic carbocycles. The second-order valence-electron chi connectivity index (χ2n) is 4.95. The number of benzene rings is 2. The lowest BCUT2D eigenvalue weighted by atomic mass is 10.3. The van der Waals surface area contributed by atoms with Crippen molar-refractivity contribution in [1.82, 2.24) is 4.83 Å². The van der Waals surface area contributed by atoms with Crippen molar-refractivity contribution < 1.29 is 45.8 Å². The van der Waals surface area contributed by atoms with Gasteiger partial charge in [-0.3, -0.25) is 4.79 Å². The topological polar surface area (TPSA) is 76.1 Å². The molecule has 144 valence electrons. The number of hydroxylamine groups is 1. The summed E-state index contributed by atoms with van der Waals surface area (Å²) in [5.74, 6) is -15.2. The minimum atomic E-state index is -3.54. The normalized spacial score (nSPS) is 12.6. The van der Waals surface area contributed by atoms with Gasteiger partial charge in [0.1, 0.15) is 4.83 Å². The van der Waals surface area contributed by atoms with Crippen molar-refractivity contribution in [1.29, 1.82) is 0 Å². The molecule has 12 heteroatoms. The molecule has 0 heterocycles. The quantitative estimate of drug-likeness (QED) is 0.243. The number of carboxylic acids is 1. The van der Waals surface area contributed by atoms with Crippen molar-refractivity contribution in [2.24, 2.45) is 0 Å². The molecule has 0 aliphatic rings. The summed E-state index contributed by atoms with van der Waals surface area (Å²) in [5, 5.41) is 9.06. The van der Waals surface area contributed by atoms with Gasteiger partial charge in [0, 0.05) is 4.57 Å². The van der Waals surface area contributed by atoms with E-state index >= 15 is 0 Å². The van der Waals surface area contributed by atoms with Crippen molar-refractivity contribution >= 4 is 14.1 Å². The molecule has 0 aliphatic heterocycles. The molecule has 0 saturated heterocycles. The average Bonchev–Trinajstić information content (AvgIpc) is 2.66. The van der Waals surface area contributed by atoms with Gasteiger partial charge < -0.3 is 9.94 Å². The Morgan fingerprint density at radius 2 is 1.48 bits per heavy atom. The van der Waals surface area contributed by atoms with E-state index in [-0.39, 0.29) is 10.6 Å².